The number of hydrogen-bond donors (Lipinski definition) is 1. The van der Waals surface area contributed by atoms with Crippen LogP contribution >= 0.6 is 0 Å². The summed E-state index contributed by atoms with van der Waals surface area (Å²) in [7, 11) is 0. The number of rotatable bonds is 1. The average molecular weight is 115 g/mol. The summed E-state index contributed by atoms with van der Waals surface area (Å²) in [6, 6.07) is 0. The minimum Gasteiger partial charge on any atom is -0.233 e. The van der Waals surface area contributed by atoms with Crippen molar-refractivity contribution in [2.75, 3.05) is 19.6 Å². The van der Waals surface area contributed by atoms with Crippen molar-refractivity contribution in [2.24, 2.45) is 4.99 Å². The molecule has 0 radical (unpaired) electrons. The normalized spacial score (nSPS) is 36.2. The smallest absolute Gasteiger partial charge is 0.218 e. The van der Waals surface area contributed by atoms with Gasteiger partial charge in [-0.3, -0.25) is 0 Å². The topological polar surface area (TPSA) is 32.6 Å². The number of aliphatic imine (C=N–C) groups is 1. The minimum atomic E-state index is 0.0278. The molecule has 0 saturated heterocycles. The average Bonchev–Trinajstić information content (AvgIpc) is 2.17. The van der Waals surface area contributed by atoms with Crippen LogP contribution in [-0.2, 0) is 0 Å². The molecule has 1 aliphatic heterocycles. The summed E-state index contributed by atoms with van der Waals surface area (Å²) in [5, 5.41) is 9.29. The van der Waals surface area contributed by atoms with E-state index < -0.39 is 0 Å². The van der Waals surface area contributed by atoms with E-state index in [9.17, 15) is 5.21 Å². The van der Waals surface area contributed by atoms with Gasteiger partial charge in [0, 0.05) is 0 Å². The molecule has 0 saturated carbocycles. The molecule has 1 unspecified atom stereocenters. The molecule has 0 amide bonds. The number of likely N-dealkylation sites (N-methyl/N-ethyl adjacent to an activating group) is 1. The highest BCUT2D eigenvalue weighted by Gasteiger charge is 2.24. The lowest BCUT2D eigenvalue weighted by Gasteiger charge is -2.16. The third-order valence-corrected chi connectivity index (χ3v) is 1.46. The van der Waals surface area contributed by atoms with Crippen LogP contribution in [0.3, 0.4) is 0 Å². The highest BCUT2D eigenvalue weighted by atomic mass is 16.5. The van der Waals surface area contributed by atoms with Gasteiger partial charge in [-0.25, -0.2) is 10.2 Å². The molecular weight excluding hydrogens is 104 g/mol. The molecule has 0 bridgehead atoms. The van der Waals surface area contributed by atoms with E-state index in [1.54, 1.807) is 6.34 Å². The predicted molar refractivity (Wildman–Crippen MR) is 30.8 cm³/mol. The van der Waals surface area contributed by atoms with E-state index in [0.29, 0.717) is 0 Å². The van der Waals surface area contributed by atoms with Crippen molar-refractivity contribution in [1.29, 1.82) is 0 Å². The van der Waals surface area contributed by atoms with Gasteiger partial charge in [-0.15, -0.1) is 4.65 Å². The van der Waals surface area contributed by atoms with Crippen LogP contribution in [0.1, 0.15) is 6.92 Å². The minimum absolute atomic E-state index is 0.0278. The predicted octanol–water partition coefficient (Wildman–Crippen LogP) is 0.254. The molecular formula is C5H11N2O+. The van der Waals surface area contributed by atoms with Crippen molar-refractivity contribution in [1.82, 2.24) is 0 Å². The van der Waals surface area contributed by atoms with Crippen molar-refractivity contribution in [3.8, 4) is 0 Å². The third kappa shape index (κ3) is 0.877. The zero-order valence-corrected chi connectivity index (χ0v) is 5.04. The summed E-state index contributed by atoms with van der Waals surface area (Å²) in [6.45, 7) is 4.18. The first-order valence-electron chi connectivity index (χ1n) is 2.87. The monoisotopic (exact) mass is 115 g/mol. The molecule has 1 atom stereocenters. The second-order valence-corrected chi connectivity index (χ2v) is 2.05. The molecule has 0 spiro atoms. The van der Waals surface area contributed by atoms with Gasteiger partial charge in [0.2, 0.25) is 6.34 Å². The lowest BCUT2D eigenvalue weighted by atomic mass is 10.5. The van der Waals surface area contributed by atoms with Crippen LogP contribution in [0, 0.1) is 0 Å². The van der Waals surface area contributed by atoms with Crippen molar-refractivity contribution in [3.05, 3.63) is 0 Å². The van der Waals surface area contributed by atoms with E-state index in [0.717, 1.165) is 19.6 Å². The van der Waals surface area contributed by atoms with Gasteiger partial charge in [-0.2, -0.15) is 0 Å². The Hall–Kier alpha value is -0.410. The molecule has 3 heteroatoms. The lowest BCUT2D eigenvalue weighted by molar-refractivity contribution is -1.02. The van der Waals surface area contributed by atoms with Crippen LogP contribution < -0.4 is 0 Å². The Morgan fingerprint density at radius 2 is 2.62 bits per heavy atom. The van der Waals surface area contributed by atoms with Crippen LogP contribution in [0.2, 0.25) is 0 Å². The van der Waals surface area contributed by atoms with Crippen LogP contribution in [0.4, 0.5) is 0 Å². The van der Waals surface area contributed by atoms with E-state index >= 15 is 0 Å². The largest absolute Gasteiger partial charge is 0.233 e. The van der Waals surface area contributed by atoms with Crippen molar-refractivity contribution < 1.29 is 9.85 Å². The first kappa shape index (κ1) is 5.72. The van der Waals surface area contributed by atoms with Gasteiger partial charge in [-0.05, 0) is 6.92 Å². The lowest BCUT2D eigenvalue weighted by Crippen LogP contribution is -2.41. The Kier molecular flexibility index (Phi) is 1.31. The fourth-order valence-corrected chi connectivity index (χ4v) is 0.738. The standard InChI is InChI=1S/C5H11N2O/c1-2-7(8)4-3-6-5-7/h5,8H,2-4H2,1H3/q+1. The van der Waals surface area contributed by atoms with Crippen LogP contribution in [0.25, 0.3) is 0 Å². The molecule has 1 N–H and O–H groups in total. The van der Waals surface area contributed by atoms with Gasteiger partial charge in [0.05, 0.1) is 6.54 Å². The summed E-state index contributed by atoms with van der Waals surface area (Å²) in [6.07, 6.45) is 1.60. The van der Waals surface area contributed by atoms with Crippen molar-refractivity contribution in [3.63, 3.8) is 0 Å². The summed E-state index contributed by atoms with van der Waals surface area (Å²) >= 11 is 0. The van der Waals surface area contributed by atoms with Gasteiger partial charge in [0.1, 0.15) is 13.1 Å². The van der Waals surface area contributed by atoms with E-state index in [1.807, 2.05) is 6.92 Å². The third-order valence-electron chi connectivity index (χ3n) is 1.46. The fourth-order valence-electron chi connectivity index (χ4n) is 0.738. The van der Waals surface area contributed by atoms with Crippen molar-refractivity contribution >= 4 is 6.34 Å². The molecule has 0 fully saturated rings. The first-order chi connectivity index (χ1) is 3.77. The molecule has 0 aromatic carbocycles. The number of quaternary nitrogens is 1. The maximum atomic E-state index is 9.29. The Labute approximate surface area is 48.8 Å². The number of nitrogens with zero attached hydrogens (tertiary/aromatic N) is 2. The fraction of sp³-hybridized carbons (Fsp3) is 0.800. The van der Waals surface area contributed by atoms with E-state index in [4.69, 9.17) is 0 Å². The second kappa shape index (κ2) is 1.84. The highest BCUT2D eigenvalue weighted by Crippen LogP contribution is 2.01. The van der Waals surface area contributed by atoms with Gasteiger partial charge >= 0.3 is 0 Å². The van der Waals surface area contributed by atoms with Gasteiger partial charge in [0.15, 0.2) is 0 Å². The van der Waals surface area contributed by atoms with Crippen molar-refractivity contribution in [2.45, 2.75) is 6.92 Å². The quantitative estimate of drug-likeness (QED) is 0.488. The molecule has 0 aromatic heterocycles. The molecule has 1 rings (SSSR count). The zero-order valence-electron chi connectivity index (χ0n) is 5.04. The van der Waals surface area contributed by atoms with E-state index in [2.05, 4.69) is 4.99 Å². The maximum Gasteiger partial charge on any atom is 0.218 e. The number of hydrogen-bond acceptors (Lipinski definition) is 2. The Morgan fingerprint density at radius 3 is 2.88 bits per heavy atom. The van der Waals surface area contributed by atoms with Crippen LogP contribution in [-0.4, -0.2) is 35.8 Å². The van der Waals surface area contributed by atoms with E-state index in [1.165, 1.54) is 0 Å². The molecule has 1 aliphatic rings. The molecule has 0 aromatic rings. The molecule has 3 nitrogen and oxygen atoms in total. The van der Waals surface area contributed by atoms with E-state index in [-0.39, 0.29) is 4.65 Å². The molecule has 8 heavy (non-hydrogen) atoms. The van der Waals surface area contributed by atoms with Crippen LogP contribution in [0.5, 0.6) is 0 Å². The Morgan fingerprint density at radius 1 is 1.88 bits per heavy atom. The van der Waals surface area contributed by atoms with Crippen LogP contribution in [0.15, 0.2) is 4.99 Å². The van der Waals surface area contributed by atoms with Gasteiger partial charge < -0.3 is 0 Å². The van der Waals surface area contributed by atoms with Gasteiger partial charge in [0.25, 0.3) is 0 Å². The summed E-state index contributed by atoms with van der Waals surface area (Å²) in [4.78, 5) is 3.90. The second-order valence-electron chi connectivity index (χ2n) is 2.05. The maximum absolute atomic E-state index is 9.29. The molecule has 1 heterocycles. The summed E-state index contributed by atoms with van der Waals surface area (Å²) < 4.78 is 0.0278. The Bertz CT molecular complexity index is 113. The highest BCUT2D eigenvalue weighted by molar-refractivity contribution is 5.46. The number of hydroxylamine groups is 3. The zero-order chi connectivity index (χ0) is 6.04. The molecule has 46 valence electrons. The van der Waals surface area contributed by atoms with Gasteiger partial charge in [-0.1, -0.05) is 0 Å². The first-order valence-corrected chi connectivity index (χ1v) is 2.87. The molecule has 0 aliphatic carbocycles. The summed E-state index contributed by atoms with van der Waals surface area (Å²) in [5.74, 6) is 0. The SMILES string of the molecule is CC[N+]1(O)C=NCC1. The summed E-state index contributed by atoms with van der Waals surface area (Å²) in [5.41, 5.74) is 0. The Balaban J connectivity index is 2.54.